The molecule has 0 saturated heterocycles. The van der Waals surface area contributed by atoms with Crippen LogP contribution < -0.4 is 0 Å². The van der Waals surface area contributed by atoms with Gasteiger partial charge in [-0.05, 0) is 12.8 Å². The lowest BCUT2D eigenvalue weighted by Crippen LogP contribution is -2.00. The van der Waals surface area contributed by atoms with Gasteiger partial charge in [-0.2, -0.15) is 0 Å². The Morgan fingerprint density at radius 3 is 1.82 bits per heavy atom. The van der Waals surface area contributed by atoms with Crippen LogP contribution in [0.15, 0.2) is 6.20 Å². The van der Waals surface area contributed by atoms with Crippen LogP contribution in [-0.2, 0) is 0 Å². The van der Waals surface area contributed by atoms with Gasteiger partial charge in [-0.3, -0.25) is 0 Å². The van der Waals surface area contributed by atoms with Crippen LogP contribution in [0.4, 0.5) is 0 Å². The first-order valence-corrected chi connectivity index (χ1v) is 8.22. The maximum Gasteiger partial charge on any atom is 0.0677 e. The zero-order valence-corrected chi connectivity index (χ0v) is 11.8. The fourth-order valence-corrected chi connectivity index (χ4v) is 3.47. The van der Waals surface area contributed by atoms with Crippen LogP contribution in [0, 0.1) is 0 Å². The molecule has 1 aliphatic carbocycles. The van der Waals surface area contributed by atoms with Crippen molar-refractivity contribution in [1.29, 1.82) is 0 Å². The van der Waals surface area contributed by atoms with Crippen LogP contribution in [-0.4, -0.2) is 9.49 Å². The van der Waals surface area contributed by atoms with Crippen molar-refractivity contribution in [3.8, 4) is 0 Å². The Balaban J connectivity index is 1.84. The van der Waals surface area contributed by atoms with Crippen LogP contribution in [0.25, 0.3) is 0 Å². The van der Waals surface area contributed by atoms with E-state index in [1.54, 1.807) is 0 Å². The van der Waals surface area contributed by atoms with Crippen molar-refractivity contribution in [2.24, 2.45) is 0 Å². The Bertz CT molecular complexity index is 272. The number of hydrogen-bond acceptors (Lipinski definition) is 2. The molecule has 1 aliphatic rings. The normalized spacial score (nSPS) is 22.1. The molecular formula is C14H25N2P. The lowest BCUT2D eigenvalue weighted by Gasteiger charge is -2.15. The van der Waals surface area contributed by atoms with Crippen molar-refractivity contribution >= 4 is 8.51 Å². The largest absolute Gasteiger partial charge is 0.228 e. The van der Waals surface area contributed by atoms with Gasteiger partial charge in [0.15, 0.2) is 0 Å². The van der Waals surface area contributed by atoms with E-state index in [1.807, 2.05) is 6.20 Å². The average Bonchev–Trinajstić information content (AvgIpc) is 2.83. The smallest absolute Gasteiger partial charge is 0.0677 e. The molecule has 0 amide bonds. The predicted molar refractivity (Wildman–Crippen MR) is 75.1 cm³/mol. The monoisotopic (exact) mass is 252 g/mol. The van der Waals surface area contributed by atoms with Gasteiger partial charge < -0.3 is 0 Å². The van der Waals surface area contributed by atoms with Crippen molar-refractivity contribution in [3.63, 3.8) is 0 Å². The third-order valence-electron chi connectivity index (χ3n) is 3.96. The van der Waals surface area contributed by atoms with E-state index in [0.29, 0.717) is 14.4 Å². The summed E-state index contributed by atoms with van der Waals surface area (Å²) >= 11 is 0. The van der Waals surface area contributed by atoms with Crippen LogP contribution in [0.3, 0.4) is 0 Å². The summed E-state index contributed by atoms with van der Waals surface area (Å²) in [5.41, 5.74) is 1.31. The van der Waals surface area contributed by atoms with Crippen molar-refractivity contribution in [1.82, 2.24) is 9.49 Å². The van der Waals surface area contributed by atoms with Gasteiger partial charge in [0.25, 0.3) is 0 Å². The first kappa shape index (κ1) is 13.1. The summed E-state index contributed by atoms with van der Waals surface area (Å²) in [5, 5.41) is 0. The molecule has 2 rings (SSSR count). The molecule has 1 atom stereocenters. The maximum absolute atomic E-state index is 4.55. The molecule has 0 spiro atoms. The van der Waals surface area contributed by atoms with Crippen molar-refractivity contribution < 1.29 is 0 Å². The third kappa shape index (κ3) is 4.79. The summed E-state index contributed by atoms with van der Waals surface area (Å²) in [6, 6.07) is 0. The van der Waals surface area contributed by atoms with Crippen LogP contribution in [0.5, 0.6) is 0 Å². The highest BCUT2D eigenvalue weighted by Gasteiger charge is 2.13. The number of hydrogen-bond donors (Lipinski definition) is 0. The Labute approximate surface area is 107 Å². The van der Waals surface area contributed by atoms with E-state index in [-0.39, 0.29) is 0 Å². The Hall–Kier alpha value is -0.360. The lowest BCUT2D eigenvalue weighted by atomic mass is 9.91. The molecule has 1 aromatic rings. The fraction of sp³-hybridized carbons (Fsp3) is 0.857. The van der Waals surface area contributed by atoms with Gasteiger partial charge in [0.2, 0.25) is 0 Å². The molecule has 3 heteroatoms. The molecule has 0 bridgehead atoms. The number of nitrogens with zero attached hydrogens (tertiary/aromatic N) is 2. The highest BCUT2D eigenvalue weighted by atomic mass is 31.1. The summed E-state index contributed by atoms with van der Waals surface area (Å²) in [5.74, 6) is 0.716. The highest BCUT2D eigenvalue weighted by Crippen LogP contribution is 2.28. The fourth-order valence-electron chi connectivity index (χ4n) is 2.87. The average molecular weight is 252 g/mol. The third-order valence-corrected chi connectivity index (χ3v) is 4.56. The SMILES string of the molecule is c1n[pH]nc1C1CCCCCCCCCCC1. The second-order valence-corrected chi connectivity index (χ2v) is 6.03. The number of aromatic nitrogens is 2. The minimum atomic E-state index is 0.461. The molecule has 0 aromatic carbocycles. The molecule has 0 N–H and O–H groups in total. The van der Waals surface area contributed by atoms with E-state index in [2.05, 4.69) is 9.49 Å². The van der Waals surface area contributed by atoms with Gasteiger partial charge in [0.05, 0.1) is 20.4 Å². The molecule has 0 aliphatic heterocycles. The summed E-state index contributed by atoms with van der Waals surface area (Å²) in [6.07, 6.45) is 17.6. The summed E-state index contributed by atoms with van der Waals surface area (Å²) < 4.78 is 8.82. The highest BCUT2D eigenvalue weighted by molar-refractivity contribution is 7.20. The summed E-state index contributed by atoms with van der Waals surface area (Å²) in [7, 11) is 0.461. The van der Waals surface area contributed by atoms with E-state index in [0.717, 1.165) is 0 Å². The minimum Gasteiger partial charge on any atom is -0.228 e. The summed E-state index contributed by atoms with van der Waals surface area (Å²) in [6.45, 7) is 0. The van der Waals surface area contributed by atoms with Gasteiger partial charge in [-0.1, -0.05) is 57.8 Å². The van der Waals surface area contributed by atoms with Gasteiger partial charge in [0.1, 0.15) is 0 Å². The Morgan fingerprint density at radius 2 is 1.35 bits per heavy atom. The minimum absolute atomic E-state index is 0.461. The van der Waals surface area contributed by atoms with Crippen molar-refractivity contribution in [2.45, 2.75) is 76.5 Å². The molecule has 1 heterocycles. The second kappa shape index (κ2) is 7.87. The quantitative estimate of drug-likeness (QED) is 0.710. The molecule has 1 fully saturated rings. The Morgan fingerprint density at radius 1 is 0.824 bits per heavy atom. The topological polar surface area (TPSA) is 25.8 Å². The van der Waals surface area contributed by atoms with Crippen LogP contribution in [0.1, 0.15) is 82.2 Å². The molecule has 1 unspecified atom stereocenters. The first-order valence-electron chi connectivity index (χ1n) is 7.32. The zero-order chi connectivity index (χ0) is 11.8. The van der Waals surface area contributed by atoms with Crippen LogP contribution >= 0.6 is 8.51 Å². The molecule has 2 nitrogen and oxygen atoms in total. The van der Waals surface area contributed by atoms with Gasteiger partial charge in [-0.15, -0.1) is 0 Å². The standard InChI is InChI=1S/C14H25N2P/c1-2-4-6-8-10-13(11-9-7-5-3-1)14-12-15-17-16-14/h12-13,17H,1-11H2. The molecule has 1 aromatic heterocycles. The predicted octanol–water partition coefficient (Wildman–Crippen LogP) is 4.90. The van der Waals surface area contributed by atoms with E-state index < -0.39 is 0 Å². The molecule has 96 valence electrons. The van der Waals surface area contributed by atoms with Crippen LogP contribution in [0.2, 0.25) is 0 Å². The zero-order valence-electron chi connectivity index (χ0n) is 10.8. The lowest BCUT2D eigenvalue weighted by molar-refractivity contribution is 0.463. The Kier molecular flexibility index (Phi) is 6.05. The van der Waals surface area contributed by atoms with Gasteiger partial charge in [-0.25, -0.2) is 9.49 Å². The molecule has 0 radical (unpaired) electrons. The number of rotatable bonds is 1. The molecular weight excluding hydrogens is 227 g/mol. The van der Waals surface area contributed by atoms with E-state index in [4.69, 9.17) is 0 Å². The second-order valence-electron chi connectivity index (χ2n) is 5.35. The maximum atomic E-state index is 4.55. The van der Waals surface area contributed by atoms with E-state index >= 15 is 0 Å². The van der Waals surface area contributed by atoms with Crippen molar-refractivity contribution in [2.75, 3.05) is 0 Å². The van der Waals surface area contributed by atoms with E-state index in [9.17, 15) is 0 Å². The molecule has 1 saturated carbocycles. The first-order chi connectivity index (χ1) is 8.47. The molecule has 17 heavy (non-hydrogen) atoms. The summed E-state index contributed by atoms with van der Waals surface area (Å²) in [4.78, 5) is 0. The van der Waals surface area contributed by atoms with Crippen molar-refractivity contribution in [3.05, 3.63) is 11.9 Å². The van der Waals surface area contributed by atoms with E-state index in [1.165, 1.54) is 76.3 Å². The van der Waals surface area contributed by atoms with Gasteiger partial charge in [0, 0.05) is 5.92 Å². The van der Waals surface area contributed by atoms with Gasteiger partial charge >= 0.3 is 0 Å².